The summed E-state index contributed by atoms with van der Waals surface area (Å²) in [6.07, 6.45) is 0. The highest BCUT2D eigenvalue weighted by Crippen LogP contribution is 2.45. The number of aromatic nitrogens is 4. The third-order valence-corrected chi connectivity index (χ3v) is 13.2. The van der Waals surface area contributed by atoms with Gasteiger partial charge in [0.25, 0.3) is 0 Å². The van der Waals surface area contributed by atoms with Crippen LogP contribution in [0, 0.1) is 0 Å². The third kappa shape index (κ3) is 5.36. The number of para-hydroxylation sites is 2. The lowest BCUT2D eigenvalue weighted by Crippen LogP contribution is -2.04. The number of benzene rings is 9. The Balaban J connectivity index is 1.12. The second kappa shape index (κ2) is 13.3. The second-order valence-electron chi connectivity index (χ2n) is 15.6. The van der Waals surface area contributed by atoms with Crippen LogP contribution in [0.4, 0.5) is 0 Å². The van der Waals surface area contributed by atoms with Crippen LogP contribution in [0.15, 0.2) is 199 Å². The molecule has 0 aliphatic heterocycles. The van der Waals surface area contributed by atoms with Gasteiger partial charge in [-0.3, -0.25) is 0 Å². The zero-order chi connectivity index (χ0) is 40.0. The summed E-state index contributed by atoms with van der Waals surface area (Å²) in [5.74, 6) is 1.78. The van der Waals surface area contributed by atoms with Gasteiger partial charge in [-0.05, 0) is 76.5 Å². The summed E-state index contributed by atoms with van der Waals surface area (Å²) in [7, 11) is 0. The lowest BCUT2D eigenvalue weighted by Gasteiger charge is -2.16. The molecule has 0 atom stereocenters. The SMILES string of the molecule is c1ccc(-c2ccc(-c3nc(-c4ccc5c(c4)oc4ccccc45)nc(-c4c(-n5c6ccccc6c6cc7ccccc7cc65)ccc5sc6ccccc6c45)n3)cc2)cc1. The molecular weight excluding hydrogens is 765 g/mol. The first kappa shape index (κ1) is 34.0. The van der Waals surface area contributed by atoms with Crippen LogP contribution in [0.2, 0.25) is 0 Å². The molecule has 9 aromatic carbocycles. The van der Waals surface area contributed by atoms with Crippen molar-refractivity contribution in [1.29, 1.82) is 0 Å². The van der Waals surface area contributed by atoms with Crippen molar-refractivity contribution in [2.24, 2.45) is 0 Å². The van der Waals surface area contributed by atoms with Crippen molar-refractivity contribution >= 4 is 86.0 Å². The summed E-state index contributed by atoms with van der Waals surface area (Å²) in [5.41, 5.74) is 9.90. The molecule has 284 valence electrons. The van der Waals surface area contributed by atoms with Crippen molar-refractivity contribution in [2.75, 3.05) is 0 Å². The van der Waals surface area contributed by atoms with Crippen molar-refractivity contribution in [1.82, 2.24) is 19.5 Å². The van der Waals surface area contributed by atoms with Gasteiger partial charge < -0.3 is 8.98 Å². The normalized spacial score (nSPS) is 11.9. The molecule has 5 nitrogen and oxygen atoms in total. The maximum atomic E-state index is 6.40. The molecule has 4 heterocycles. The molecule has 0 N–H and O–H groups in total. The first-order valence-corrected chi connectivity index (χ1v) is 21.2. The summed E-state index contributed by atoms with van der Waals surface area (Å²) < 4.78 is 11.2. The largest absolute Gasteiger partial charge is 0.456 e. The number of nitrogens with zero attached hydrogens (tertiary/aromatic N) is 4. The molecule has 4 aromatic heterocycles. The van der Waals surface area contributed by atoms with E-state index in [-0.39, 0.29) is 0 Å². The number of fused-ring (bicyclic) bond motifs is 10. The van der Waals surface area contributed by atoms with Gasteiger partial charge in [-0.1, -0.05) is 140 Å². The van der Waals surface area contributed by atoms with Crippen LogP contribution >= 0.6 is 11.3 Å². The molecule has 0 aliphatic carbocycles. The van der Waals surface area contributed by atoms with Crippen molar-refractivity contribution in [3.63, 3.8) is 0 Å². The van der Waals surface area contributed by atoms with E-state index in [9.17, 15) is 0 Å². The van der Waals surface area contributed by atoms with Gasteiger partial charge >= 0.3 is 0 Å². The number of rotatable bonds is 5. The number of furan rings is 1. The maximum absolute atomic E-state index is 6.40. The Kier molecular flexibility index (Phi) is 7.41. The van der Waals surface area contributed by atoms with E-state index in [0.717, 1.165) is 71.9 Å². The first-order chi connectivity index (χ1) is 30.2. The molecule has 0 saturated carbocycles. The van der Waals surface area contributed by atoms with Gasteiger partial charge in [-0.15, -0.1) is 11.3 Å². The predicted octanol–water partition coefficient (Wildman–Crippen LogP) is 15.1. The van der Waals surface area contributed by atoms with E-state index in [4.69, 9.17) is 19.4 Å². The minimum Gasteiger partial charge on any atom is -0.456 e. The van der Waals surface area contributed by atoms with Gasteiger partial charge in [0, 0.05) is 52.8 Å². The first-order valence-electron chi connectivity index (χ1n) is 20.4. The van der Waals surface area contributed by atoms with E-state index in [2.05, 4.69) is 174 Å². The minimum atomic E-state index is 0.574. The summed E-state index contributed by atoms with van der Waals surface area (Å²) in [6, 6.07) is 68.6. The average Bonchev–Trinajstić information content (AvgIpc) is 4.00. The highest BCUT2D eigenvalue weighted by molar-refractivity contribution is 7.26. The Labute approximate surface area is 353 Å². The van der Waals surface area contributed by atoms with Crippen LogP contribution in [-0.2, 0) is 0 Å². The summed E-state index contributed by atoms with van der Waals surface area (Å²) in [6.45, 7) is 0. The molecule has 0 spiro atoms. The minimum absolute atomic E-state index is 0.574. The lowest BCUT2D eigenvalue weighted by molar-refractivity contribution is 0.669. The van der Waals surface area contributed by atoms with E-state index in [1.54, 1.807) is 11.3 Å². The molecule has 13 aromatic rings. The Bertz CT molecular complexity index is 3880. The fourth-order valence-corrected chi connectivity index (χ4v) is 10.3. The summed E-state index contributed by atoms with van der Waals surface area (Å²) >= 11 is 1.80. The smallest absolute Gasteiger partial charge is 0.166 e. The number of thiophene rings is 1. The topological polar surface area (TPSA) is 56.7 Å². The molecule has 13 rings (SSSR count). The third-order valence-electron chi connectivity index (χ3n) is 12.0. The van der Waals surface area contributed by atoms with Crippen molar-refractivity contribution in [3.8, 4) is 51.0 Å². The zero-order valence-electron chi connectivity index (χ0n) is 32.6. The molecule has 0 aliphatic rings. The van der Waals surface area contributed by atoms with E-state index in [0.29, 0.717) is 17.5 Å². The number of hydrogen-bond acceptors (Lipinski definition) is 5. The standard InChI is InChI=1S/C55H32N4OS/c1-2-12-33(13-3-1)34-22-24-35(25-23-34)53-56-54(38-26-27-41-40-17-7-10-20-47(40)60-48(41)32-38)58-55(57-53)52-45(28-29-50-51(52)42-18-8-11-21-49(42)61-50)59-44-19-9-6-16-39(44)43-30-36-14-4-5-15-37(36)31-46(43)59/h1-32H. The molecule has 61 heavy (non-hydrogen) atoms. The average molecular weight is 797 g/mol. The van der Waals surface area contributed by atoms with Crippen molar-refractivity contribution in [2.45, 2.75) is 0 Å². The molecule has 0 fully saturated rings. The van der Waals surface area contributed by atoms with Crippen LogP contribution in [0.3, 0.4) is 0 Å². The summed E-state index contributed by atoms with van der Waals surface area (Å²) in [4.78, 5) is 16.2. The van der Waals surface area contributed by atoms with Gasteiger partial charge in [0.2, 0.25) is 0 Å². The van der Waals surface area contributed by atoms with E-state index in [1.807, 2.05) is 24.3 Å². The molecule has 6 heteroatoms. The summed E-state index contributed by atoms with van der Waals surface area (Å²) in [5, 5.41) is 9.23. The lowest BCUT2D eigenvalue weighted by atomic mass is 10.0. The van der Waals surface area contributed by atoms with Crippen molar-refractivity contribution < 1.29 is 4.42 Å². The Morgan fingerprint density at radius 3 is 1.85 bits per heavy atom. The Morgan fingerprint density at radius 2 is 1.00 bits per heavy atom. The quantitative estimate of drug-likeness (QED) is 0.174. The molecule has 0 unspecified atom stereocenters. The molecule has 0 bridgehead atoms. The van der Waals surface area contributed by atoms with Gasteiger partial charge in [0.05, 0.1) is 22.3 Å². The van der Waals surface area contributed by atoms with Gasteiger partial charge in [-0.25, -0.2) is 15.0 Å². The highest BCUT2D eigenvalue weighted by atomic mass is 32.1. The maximum Gasteiger partial charge on any atom is 0.166 e. The highest BCUT2D eigenvalue weighted by Gasteiger charge is 2.24. The Morgan fingerprint density at radius 1 is 0.377 bits per heavy atom. The second-order valence-corrected chi connectivity index (χ2v) is 16.6. The van der Waals surface area contributed by atoms with Crippen LogP contribution in [0.5, 0.6) is 0 Å². The fourth-order valence-electron chi connectivity index (χ4n) is 9.19. The molecule has 0 amide bonds. The Hall–Kier alpha value is -7.93. The molecular formula is C55H32N4OS. The van der Waals surface area contributed by atoms with Crippen LogP contribution < -0.4 is 0 Å². The monoisotopic (exact) mass is 796 g/mol. The van der Waals surface area contributed by atoms with E-state index in [1.165, 1.54) is 36.3 Å². The van der Waals surface area contributed by atoms with Gasteiger partial charge in [0.15, 0.2) is 17.5 Å². The van der Waals surface area contributed by atoms with Crippen LogP contribution in [-0.4, -0.2) is 19.5 Å². The molecule has 0 radical (unpaired) electrons. The van der Waals surface area contributed by atoms with Gasteiger partial charge in [-0.2, -0.15) is 0 Å². The van der Waals surface area contributed by atoms with Crippen molar-refractivity contribution in [3.05, 3.63) is 194 Å². The van der Waals surface area contributed by atoms with Gasteiger partial charge in [0.1, 0.15) is 11.2 Å². The predicted molar refractivity (Wildman–Crippen MR) is 254 cm³/mol. The number of hydrogen-bond donors (Lipinski definition) is 0. The van der Waals surface area contributed by atoms with E-state index >= 15 is 0 Å². The fraction of sp³-hybridized carbons (Fsp3) is 0. The van der Waals surface area contributed by atoms with Crippen LogP contribution in [0.25, 0.3) is 126 Å². The zero-order valence-corrected chi connectivity index (χ0v) is 33.4. The van der Waals surface area contributed by atoms with Crippen LogP contribution in [0.1, 0.15) is 0 Å². The van der Waals surface area contributed by atoms with E-state index < -0.39 is 0 Å². The molecule has 0 saturated heterocycles.